The second-order valence-electron chi connectivity index (χ2n) is 8.31. The summed E-state index contributed by atoms with van der Waals surface area (Å²) in [7, 11) is 0. The van der Waals surface area contributed by atoms with E-state index in [9.17, 15) is 27.9 Å². The number of benzene rings is 2. The molecule has 3 atom stereocenters. The third kappa shape index (κ3) is 6.25. The van der Waals surface area contributed by atoms with Gasteiger partial charge in [-0.2, -0.15) is 13.2 Å². The molecule has 0 bridgehead atoms. The second kappa shape index (κ2) is 10.2. The van der Waals surface area contributed by atoms with Crippen LogP contribution in [0.2, 0.25) is 0 Å². The highest BCUT2D eigenvalue weighted by atomic mass is 19.4. The fourth-order valence-corrected chi connectivity index (χ4v) is 3.99. The summed E-state index contributed by atoms with van der Waals surface area (Å²) >= 11 is 0. The summed E-state index contributed by atoms with van der Waals surface area (Å²) < 4.78 is 44.5. The lowest BCUT2D eigenvalue weighted by Crippen LogP contribution is -2.45. The molecule has 6 nitrogen and oxygen atoms in total. The van der Waals surface area contributed by atoms with E-state index < -0.39 is 30.2 Å². The van der Waals surface area contributed by atoms with Crippen LogP contribution in [0, 0.1) is 6.92 Å². The van der Waals surface area contributed by atoms with Crippen molar-refractivity contribution in [2.24, 2.45) is 0 Å². The Kier molecular flexibility index (Phi) is 7.63. The molecule has 9 heteroatoms. The summed E-state index contributed by atoms with van der Waals surface area (Å²) in [5.41, 5.74) is 2.32. The van der Waals surface area contributed by atoms with Crippen LogP contribution in [0.25, 0.3) is 0 Å². The van der Waals surface area contributed by atoms with Crippen LogP contribution in [0.3, 0.4) is 0 Å². The first kappa shape index (κ1) is 24.6. The average molecular weight is 464 g/mol. The van der Waals surface area contributed by atoms with Crippen LogP contribution in [0.15, 0.2) is 42.5 Å². The molecule has 1 aliphatic heterocycles. The van der Waals surface area contributed by atoms with Crippen LogP contribution in [-0.2, 0) is 4.79 Å². The molecule has 33 heavy (non-hydrogen) atoms. The van der Waals surface area contributed by atoms with Crippen molar-refractivity contribution in [3.8, 4) is 5.75 Å². The number of ether oxygens (including phenoxy) is 1. The van der Waals surface area contributed by atoms with Gasteiger partial charge in [0.2, 0.25) is 0 Å². The zero-order chi connectivity index (χ0) is 24.2. The Labute approximate surface area is 190 Å². The molecule has 0 aromatic heterocycles. The molecular weight excluding hydrogens is 437 g/mol. The normalized spacial score (nSPS) is 18.3. The van der Waals surface area contributed by atoms with Crippen molar-refractivity contribution in [1.29, 1.82) is 0 Å². The third-order valence-corrected chi connectivity index (χ3v) is 5.73. The predicted octanol–water partition coefficient (Wildman–Crippen LogP) is 4.35. The van der Waals surface area contributed by atoms with Crippen LogP contribution in [-0.4, -0.2) is 42.3 Å². The van der Waals surface area contributed by atoms with Gasteiger partial charge in [-0.1, -0.05) is 29.8 Å². The monoisotopic (exact) mass is 464 g/mol. The molecule has 1 aliphatic rings. The number of aromatic carboxylic acids is 1. The summed E-state index contributed by atoms with van der Waals surface area (Å²) in [6.07, 6.45) is -4.22. The van der Waals surface area contributed by atoms with Gasteiger partial charge in [0.05, 0.1) is 11.6 Å². The van der Waals surface area contributed by atoms with Crippen molar-refractivity contribution in [1.82, 2.24) is 10.6 Å². The zero-order valence-corrected chi connectivity index (χ0v) is 18.4. The largest absolute Gasteiger partial charge is 0.484 e. The van der Waals surface area contributed by atoms with Gasteiger partial charge in [0.1, 0.15) is 11.9 Å². The van der Waals surface area contributed by atoms with Gasteiger partial charge in [-0.15, -0.1) is 0 Å². The van der Waals surface area contributed by atoms with E-state index in [2.05, 4.69) is 5.32 Å². The van der Waals surface area contributed by atoms with Gasteiger partial charge in [0, 0.05) is 6.54 Å². The third-order valence-electron chi connectivity index (χ3n) is 5.73. The molecule has 2 aromatic carbocycles. The number of carboxylic acid groups (broad SMARTS) is 1. The number of carboxylic acids is 1. The number of piperidine rings is 1. The van der Waals surface area contributed by atoms with Crippen molar-refractivity contribution >= 4 is 11.9 Å². The summed E-state index contributed by atoms with van der Waals surface area (Å²) in [4.78, 5) is 23.3. The number of aryl methyl sites for hydroxylation is 1. The Morgan fingerprint density at radius 1 is 1.18 bits per heavy atom. The number of hydrogen-bond acceptors (Lipinski definition) is 4. The van der Waals surface area contributed by atoms with Crippen molar-refractivity contribution < 1.29 is 32.6 Å². The minimum Gasteiger partial charge on any atom is -0.484 e. The number of halogens is 3. The molecule has 1 heterocycles. The van der Waals surface area contributed by atoms with Crippen LogP contribution in [0.4, 0.5) is 13.2 Å². The van der Waals surface area contributed by atoms with E-state index in [1.54, 1.807) is 30.3 Å². The van der Waals surface area contributed by atoms with E-state index in [0.29, 0.717) is 23.4 Å². The Bertz CT molecular complexity index is 986. The molecule has 1 fully saturated rings. The van der Waals surface area contributed by atoms with Crippen LogP contribution in [0.1, 0.15) is 58.8 Å². The molecule has 2 aromatic rings. The highest BCUT2D eigenvalue weighted by molar-refractivity contribution is 5.90. The maximum Gasteiger partial charge on any atom is 0.471 e. The molecular formula is C24H27F3N2O4. The molecule has 0 unspecified atom stereocenters. The fourth-order valence-electron chi connectivity index (χ4n) is 3.99. The molecule has 0 spiro atoms. The fraction of sp³-hybridized carbons (Fsp3) is 0.417. The summed E-state index contributed by atoms with van der Waals surface area (Å²) in [5, 5.41) is 14.8. The SMILES string of the molecule is Cc1ccc([C@@H](Oc2ccc(C(=O)O)c([C@@H]3CCCNC3)c2)[C@H](C)NC(=O)C(F)(F)F)cc1. The Morgan fingerprint density at radius 3 is 2.45 bits per heavy atom. The maximum absolute atomic E-state index is 12.8. The van der Waals surface area contributed by atoms with Crippen molar-refractivity contribution in [2.45, 2.75) is 50.9 Å². The minimum absolute atomic E-state index is 0.0198. The first-order valence-corrected chi connectivity index (χ1v) is 10.7. The molecule has 0 aliphatic carbocycles. The van der Waals surface area contributed by atoms with Gasteiger partial charge in [-0.25, -0.2) is 4.79 Å². The molecule has 3 rings (SSSR count). The van der Waals surface area contributed by atoms with E-state index in [1.807, 2.05) is 12.2 Å². The van der Waals surface area contributed by atoms with E-state index in [-0.39, 0.29) is 11.5 Å². The highest BCUT2D eigenvalue weighted by Gasteiger charge is 2.40. The quantitative estimate of drug-likeness (QED) is 0.567. The highest BCUT2D eigenvalue weighted by Crippen LogP contribution is 2.33. The van der Waals surface area contributed by atoms with E-state index in [4.69, 9.17) is 4.74 Å². The number of hydrogen-bond donors (Lipinski definition) is 3. The summed E-state index contributed by atoms with van der Waals surface area (Å²) in [6, 6.07) is 10.6. The van der Waals surface area contributed by atoms with Crippen molar-refractivity contribution in [3.63, 3.8) is 0 Å². The molecule has 3 N–H and O–H groups in total. The second-order valence-corrected chi connectivity index (χ2v) is 8.31. The summed E-state index contributed by atoms with van der Waals surface area (Å²) in [6.45, 7) is 4.81. The Morgan fingerprint density at radius 2 is 1.88 bits per heavy atom. The van der Waals surface area contributed by atoms with Crippen molar-refractivity contribution in [3.05, 3.63) is 64.7 Å². The minimum atomic E-state index is -5.02. The molecule has 1 saturated heterocycles. The predicted molar refractivity (Wildman–Crippen MR) is 116 cm³/mol. The van der Waals surface area contributed by atoms with Crippen LogP contribution < -0.4 is 15.4 Å². The number of rotatable bonds is 7. The van der Waals surface area contributed by atoms with Crippen LogP contribution in [0.5, 0.6) is 5.75 Å². The van der Waals surface area contributed by atoms with Crippen LogP contribution >= 0.6 is 0 Å². The first-order chi connectivity index (χ1) is 15.6. The lowest BCUT2D eigenvalue weighted by Gasteiger charge is -2.28. The lowest BCUT2D eigenvalue weighted by molar-refractivity contribution is -0.174. The topological polar surface area (TPSA) is 87.7 Å². The lowest BCUT2D eigenvalue weighted by atomic mass is 9.88. The first-order valence-electron chi connectivity index (χ1n) is 10.7. The van der Waals surface area contributed by atoms with Gasteiger partial charge < -0.3 is 20.5 Å². The molecule has 0 saturated carbocycles. The Balaban J connectivity index is 1.93. The number of carbonyl (C=O) groups excluding carboxylic acids is 1. The number of carbonyl (C=O) groups is 2. The van der Waals surface area contributed by atoms with Crippen molar-refractivity contribution in [2.75, 3.05) is 13.1 Å². The average Bonchev–Trinajstić information content (AvgIpc) is 2.77. The standard InChI is InChI=1S/C24H27F3N2O4/c1-14-5-7-16(8-6-14)21(15(2)29-23(32)24(25,26)27)33-18-9-10-19(22(30)31)20(12-18)17-4-3-11-28-13-17/h5-10,12,15,17,21,28H,3-4,11,13H2,1-2H3,(H,29,32)(H,30,31)/t15-,17+,21-/m0/s1. The van der Waals surface area contributed by atoms with Gasteiger partial charge in [-0.05, 0) is 68.5 Å². The Hall–Kier alpha value is -3.07. The zero-order valence-electron chi connectivity index (χ0n) is 18.4. The van der Waals surface area contributed by atoms with Gasteiger partial charge in [0.15, 0.2) is 0 Å². The van der Waals surface area contributed by atoms with E-state index >= 15 is 0 Å². The smallest absolute Gasteiger partial charge is 0.471 e. The van der Waals surface area contributed by atoms with Gasteiger partial charge in [0.25, 0.3) is 0 Å². The maximum atomic E-state index is 12.8. The number of nitrogens with one attached hydrogen (secondary N) is 2. The van der Waals surface area contributed by atoms with Gasteiger partial charge in [-0.3, -0.25) is 4.79 Å². The molecule has 178 valence electrons. The number of alkyl halides is 3. The molecule has 1 amide bonds. The van der Waals surface area contributed by atoms with Gasteiger partial charge >= 0.3 is 18.1 Å². The molecule has 0 radical (unpaired) electrons. The summed E-state index contributed by atoms with van der Waals surface area (Å²) in [5.74, 6) is -2.80. The van der Waals surface area contributed by atoms with E-state index in [0.717, 1.165) is 24.9 Å². The number of amides is 1. The van der Waals surface area contributed by atoms with E-state index in [1.165, 1.54) is 19.1 Å².